The van der Waals surface area contributed by atoms with Gasteiger partial charge in [-0.05, 0) is 38.1 Å². The largest absolute Gasteiger partial charge is 0.416 e. The molecular formula is C14H13F3N2O. The van der Waals surface area contributed by atoms with Crippen molar-refractivity contribution < 1.29 is 18.0 Å². The standard InChI is InChI=1S/C14H13F3N2O/c1-9(2)19-13(3-4-18-19)11-5-10(8-20)6-12(7-11)14(15,16)17/h3-9H,1-2H3. The van der Waals surface area contributed by atoms with Crippen LogP contribution in [0.5, 0.6) is 0 Å². The fourth-order valence-corrected chi connectivity index (χ4v) is 1.99. The first kappa shape index (κ1) is 14.3. The van der Waals surface area contributed by atoms with Crippen LogP contribution in [0.15, 0.2) is 30.5 Å². The van der Waals surface area contributed by atoms with Crippen LogP contribution in [0.1, 0.15) is 35.8 Å². The lowest BCUT2D eigenvalue weighted by molar-refractivity contribution is -0.137. The van der Waals surface area contributed by atoms with Crippen LogP contribution in [0.3, 0.4) is 0 Å². The van der Waals surface area contributed by atoms with E-state index in [0.29, 0.717) is 17.5 Å². The van der Waals surface area contributed by atoms with E-state index in [2.05, 4.69) is 5.10 Å². The monoisotopic (exact) mass is 282 g/mol. The van der Waals surface area contributed by atoms with E-state index in [1.54, 1.807) is 10.7 Å². The Labute approximate surface area is 114 Å². The fourth-order valence-electron chi connectivity index (χ4n) is 1.99. The summed E-state index contributed by atoms with van der Waals surface area (Å²) < 4.78 is 40.2. The second kappa shape index (κ2) is 5.11. The zero-order valence-corrected chi connectivity index (χ0v) is 11.0. The highest BCUT2D eigenvalue weighted by molar-refractivity contribution is 5.79. The third kappa shape index (κ3) is 2.74. The number of aldehydes is 1. The van der Waals surface area contributed by atoms with Gasteiger partial charge in [-0.25, -0.2) is 0 Å². The van der Waals surface area contributed by atoms with E-state index in [1.165, 1.54) is 12.3 Å². The lowest BCUT2D eigenvalue weighted by atomic mass is 10.0. The Morgan fingerprint density at radius 3 is 2.50 bits per heavy atom. The third-order valence-corrected chi connectivity index (χ3v) is 2.87. The van der Waals surface area contributed by atoms with Crippen molar-refractivity contribution in [2.45, 2.75) is 26.1 Å². The predicted molar refractivity (Wildman–Crippen MR) is 68.4 cm³/mol. The molecule has 0 bridgehead atoms. The van der Waals surface area contributed by atoms with Crippen LogP contribution in [-0.2, 0) is 6.18 Å². The van der Waals surface area contributed by atoms with E-state index in [0.717, 1.165) is 12.1 Å². The first-order chi connectivity index (χ1) is 9.32. The zero-order chi connectivity index (χ0) is 14.9. The van der Waals surface area contributed by atoms with Crippen molar-refractivity contribution in [3.05, 3.63) is 41.6 Å². The van der Waals surface area contributed by atoms with Crippen LogP contribution in [0, 0.1) is 0 Å². The lowest BCUT2D eigenvalue weighted by Gasteiger charge is -2.13. The number of halogens is 3. The molecule has 0 aliphatic heterocycles. The Hall–Kier alpha value is -2.11. The van der Waals surface area contributed by atoms with Gasteiger partial charge in [0.05, 0.1) is 11.3 Å². The maximum absolute atomic E-state index is 12.8. The minimum Gasteiger partial charge on any atom is -0.298 e. The molecule has 0 spiro atoms. The molecule has 0 aliphatic rings. The summed E-state index contributed by atoms with van der Waals surface area (Å²) in [5, 5.41) is 4.09. The molecule has 0 saturated carbocycles. The highest BCUT2D eigenvalue weighted by Crippen LogP contribution is 2.33. The van der Waals surface area contributed by atoms with Crippen molar-refractivity contribution >= 4 is 6.29 Å². The molecule has 3 nitrogen and oxygen atoms in total. The smallest absolute Gasteiger partial charge is 0.298 e. The van der Waals surface area contributed by atoms with Crippen molar-refractivity contribution in [1.29, 1.82) is 0 Å². The summed E-state index contributed by atoms with van der Waals surface area (Å²) in [7, 11) is 0. The zero-order valence-electron chi connectivity index (χ0n) is 11.0. The summed E-state index contributed by atoms with van der Waals surface area (Å²) in [4.78, 5) is 10.8. The van der Waals surface area contributed by atoms with E-state index in [-0.39, 0.29) is 11.6 Å². The van der Waals surface area contributed by atoms with Gasteiger partial charge < -0.3 is 0 Å². The van der Waals surface area contributed by atoms with Gasteiger partial charge in [0.2, 0.25) is 0 Å². The Kier molecular flexibility index (Phi) is 3.65. The maximum Gasteiger partial charge on any atom is 0.416 e. The maximum atomic E-state index is 12.8. The van der Waals surface area contributed by atoms with Crippen molar-refractivity contribution in [1.82, 2.24) is 9.78 Å². The molecule has 0 N–H and O–H groups in total. The fraction of sp³-hybridized carbons (Fsp3) is 0.286. The molecule has 0 radical (unpaired) electrons. The van der Waals surface area contributed by atoms with E-state index in [9.17, 15) is 18.0 Å². The van der Waals surface area contributed by atoms with Crippen molar-refractivity contribution in [2.24, 2.45) is 0 Å². The Bertz CT molecular complexity index is 630. The van der Waals surface area contributed by atoms with Gasteiger partial charge in [-0.15, -0.1) is 0 Å². The first-order valence-electron chi connectivity index (χ1n) is 6.04. The van der Waals surface area contributed by atoms with Gasteiger partial charge in [-0.1, -0.05) is 0 Å². The normalized spacial score (nSPS) is 11.9. The number of alkyl halides is 3. The quantitative estimate of drug-likeness (QED) is 0.799. The first-order valence-corrected chi connectivity index (χ1v) is 6.04. The number of rotatable bonds is 3. The Morgan fingerprint density at radius 2 is 1.95 bits per heavy atom. The van der Waals surface area contributed by atoms with Gasteiger partial charge in [0.1, 0.15) is 6.29 Å². The molecule has 0 atom stereocenters. The summed E-state index contributed by atoms with van der Waals surface area (Å²) in [5.74, 6) is 0. The van der Waals surface area contributed by atoms with E-state index in [1.807, 2.05) is 13.8 Å². The molecule has 2 aromatic rings. The second-order valence-corrected chi connectivity index (χ2v) is 4.71. The third-order valence-electron chi connectivity index (χ3n) is 2.87. The molecule has 0 fully saturated rings. The topological polar surface area (TPSA) is 34.9 Å². The summed E-state index contributed by atoms with van der Waals surface area (Å²) >= 11 is 0. The molecule has 0 unspecified atom stereocenters. The van der Waals surface area contributed by atoms with Crippen LogP contribution in [0.4, 0.5) is 13.2 Å². The van der Waals surface area contributed by atoms with Gasteiger partial charge in [0.25, 0.3) is 0 Å². The molecule has 1 aromatic heterocycles. The van der Waals surface area contributed by atoms with Gasteiger partial charge in [0, 0.05) is 23.4 Å². The van der Waals surface area contributed by atoms with Crippen LogP contribution in [0.25, 0.3) is 11.3 Å². The van der Waals surface area contributed by atoms with Gasteiger partial charge in [0.15, 0.2) is 0 Å². The number of hydrogen-bond acceptors (Lipinski definition) is 2. The summed E-state index contributed by atoms with van der Waals surface area (Å²) in [5.41, 5.74) is 0.0299. The number of carbonyl (C=O) groups is 1. The van der Waals surface area contributed by atoms with Crippen molar-refractivity contribution in [3.63, 3.8) is 0 Å². The Morgan fingerprint density at radius 1 is 1.25 bits per heavy atom. The minimum absolute atomic E-state index is 0.00803. The number of nitrogens with zero attached hydrogens (tertiary/aromatic N) is 2. The number of carbonyl (C=O) groups excluding carboxylic acids is 1. The van der Waals surface area contributed by atoms with Crippen LogP contribution >= 0.6 is 0 Å². The van der Waals surface area contributed by atoms with Crippen molar-refractivity contribution in [2.75, 3.05) is 0 Å². The van der Waals surface area contributed by atoms with Crippen molar-refractivity contribution in [3.8, 4) is 11.3 Å². The molecule has 106 valence electrons. The average Bonchev–Trinajstić information content (AvgIpc) is 2.86. The summed E-state index contributed by atoms with van der Waals surface area (Å²) in [6, 6.07) is 4.94. The molecule has 0 amide bonds. The van der Waals surface area contributed by atoms with E-state index in [4.69, 9.17) is 0 Å². The number of hydrogen-bond donors (Lipinski definition) is 0. The molecular weight excluding hydrogens is 269 g/mol. The molecule has 0 aliphatic carbocycles. The van der Waals surface area contributed by atoms with E-state index < -0.39 is 11.7 Å². The second-order valence-electron chi connectivity index (χ2n) is 4.71. The molecule has 20 heavy (non-hydrogen) atoms. The van der Waals surface area contributed by atoms with Gasteiger partial charge >= 0.3 is 6.18 Å². The molecule has 1 heterocycles. The van der Waals surface area contributed by atoms with Gasteiger partial charge in [-0.2, -0.15) is 18.3 Å². The Balaban J connectivity index is 2.62. The van der Waals surface area contributed by atoms with Crippen LogP contribution in [0.2, 0.25) is 0 Å². The minimum atomic E-state index is -4.49. The molecule has 0 saturated heterocycles. The molecule has 6 heteroatoms. The SMILES string of the molecule is CC(C)n1nccc1-c1cc(C=O)cc(C(F)(F)F)c1. The summed E-state index contributed by atoms with van der Waals surface area (Å²) in [6.07, 6.45) is -2.55. The lowest BCUT2D eigenvalue weighted by Crippen LogP contribution is -2.08. The van der Waals surface area contributed by atoms with Crippen LogP contribution < -0.4 is 0 Å². The average molecular weight is 282 g/mol. The number of benzene rings is 1. The highest BCUT2D eigenvalue weighted by Gasteiger charge is 2.31. The molecule has 2 rings (SSSR count). The predicted octanol–water partition coefficient (Wildman–Crippen LogP) is 3.96. The molecule has 1 aromatic carbocycles. The van der Waals surface area contributed by atoms with Crippen LogP contribution in [-0.4, -0.2) is 16.1 Å². The van der Waals surface area contributed by atoms with E-state index >= 15 is 0 Å². The number of aromatic nitrogens is 2. The summed E-state index contributed by atoms with van der Waals surface area (Å²) in [6.45, 7) is 3.76. The highest BCUT2D eigenvalue weighted by atomic mass is 19.4. The van der Waals surface area contributed by atoms with Gasteiger partial charge in [-0.3, -0.25) is 9.48 Å².